The third-order valence-corrected chi connectivity index (χ3v) is 3.42. The minimum absolute atomic E-state index is 0.0221. The fraction of sp³-hybridized carbons (Fsp3) is 0.500. The van der Waals surface area contributed by atoms with Gasteiger partial charge in [0.1, 0.15) is 0 Å². The van der Waals surface area contributed by atoms with Gasteiger partial charge >= 0.3 is 5.97 Å². The van der Waals surface area contributed by atoms with Gasteiger partial charge in [-0.05, 0) is 23.6 Å². The number of carbonyl (C=O) groups excluding carboxylic acids is 2. The maximum atomic E-state index is 11.9. The average Bonchev–Trinajstić information content (AvgIpc) is 2.44. The second-order valence-corrected chi connectivity index (χ2v) is 4.89. The highest BCUT2D eigenvalue weighted by molar-refractivity contribution is 5.91. The Morgan fingerprint density at radius 1 is 1.25 bits per heavy atom. The van der Waals surface area contributed by atoms with Crippen molar-refractivity contribution in [3.8, 4) is 0 Å². The van der Waals surface area contributed by atoms with Crippen LogP contribution in [-0.2, 0) is 20.7 Å². The fourth-order valence-electron chi connectivity index (χ4n) is 2.05. The summed E-state index contributed by atoms with van der Waals surface area (Å²) in [7, 11) is 1.36. The lowest BCUT2D eigenvalue weighted by atomic mass is 9.99. The molecule has 1 amide bonds. The van der Waals surface area contributed by atoms with Crippen molar-refractivity contribution in [3.05, 3.63) is 29.8 Å². The third kappa shape index (κ3) is 5.43. The first-order valence-corrected chi connectivity index (χ1v) is 7.04. The molecule has 1 aromatic carbocycles. The molecule has 110 valence electrons. The quantitative estimate of drug-likeness (QED) is 0.779. The Labute approximate surface area is 120 Å². The van der Waals surface area contributed by atoms with Crippen molar-refractivity contribution in [1.82, 2.24) is 0 Å². The molecule has 20 heavy (non-hydrogen) atoms. The van der Waals surface area contributed by atoms with Gasteiger partial charge in [0.25, 0.3) is 0 Å². The Kier molecular flexibility index (Phi) is 6.77. The van der Waals surface area contributed by atoms with Gasteiger partial charge in [-0.3, -0.25) is 9.59 Å². The van der Waals surface area contributed by atoms with Gasteiger partial charge in [0.05, 0.1) is 13.5 Å². The summed E-state index contributed by atoms with van der Waals surface area (Å²) in [6.07, 6.45) is 2.76. The van der Waals surface area contributed by atoms with Crippen molar-refractivity contribution in [3.63, 3.8) is 0 Å². The molecule has 0 spiro atoms. The van der Waals surface area contributed by atoms with Crippen molar-refractivity contribution < 1.29 is 14.3 Å². The van der Waals surface area contributed by atoms with Crippen LogP contribution in [0, 0.1) is 5.92 Å². The lowest BCUT2D eigenvalue weighted by molar-refractivity contribution is -0.139. The van der Waals surface area contributed by atoms with E-state index in [-0.39, 0.29) is 18.3 Å². The highest BCUT2D eigenvalue weighted by Gasteiger charge is 2.11. The van der Waals surface area contributed by atoms with E-state index < -0.39 is 0 Å². The monoisotopic (exact) mass is 277 g/mol. The molecule has 0 saturated carbocycles. The van der Waals surface area contributed by atoms with E-state index in [2.05, 4.69) is 23.9 Å². The topological polar surface area (TPSA) is 55.4 Å². The van der Waals surface area contributed by atoms with Gasteiger partial charge in [-0.1, -0.05) is 38.8 Å². The van der Waals surface area contributed by atoms with Gasteiger partial charge in [0.15, 0.2) is 0 Å². The third-order valence-electron chi connectivity index (χ3n) is 3.42. The van der Waals surface area contributed by atoms with Gasteiger partial charge < -0.3 is 10.1 Å². The smallest absolute Gasteiger partial charge is 0.309 e. The lowest BCUT2D eigenvalue weighted by Crippen LogP contribution is -2.16. The summed E-state index contributed by atoms with van der Waals surface area (Å²) >= 11 is 0. The van der Waals surface area contributed by atoms with Crippen LogP contribution in [0.25, 0.3) is 0 Å². The first kappa shape index (κ1) is 16.2. The summed E-state index contributed by atoms with van der Waals surface area (Å²) in [6, 6.07) is 7.30. The van der Waals surface area contributed by atoms with Crippen molar-refractivity contribution in [2.75, 3.05) is 12.4 Å². The molecule has 0 saturated heterocycles. The highest BCUT2D eigenvalue weighted by Crippen LogP contribution is 2.16. The number of hydrogen-bond acceptors (Lipinski definition) is 3. The van der Waals surface area contributed by atoms with Gasteiger partial charge in [-0.15, -0.1) is 0 Å². The molecule has 1 N–H and O–H groups in total. The Balaban J connectivity index is 2.61. The molecule has 4 nitrogen and oxygen atoms in total. The summed E-state index contributed by atoms with van der Waals surface area (Å²) in [5.74, 6) is 0.160. The van der Waals surface area contributed by atoms with Gasteiger partial charge in [0.2, 0.25) is 5.91 Å². The van der Waals surface area contributed by atoms with Gasteiger partial charge in [0, 0.05) is 12.1 Å². The molecule has 0 radical (unpaired) electrons. The van der Waals surface area contributed by atoms with E-state index in [0.717, 1.165) is 24.1 Å². The van der Waals surface area contributed by atoms with Crippen LogP contribution in [0.2, 0.25) is 0 Å². The predicted molar refractivity (Wildman–Crippen MR) is 79.5 cm³/mol. The standard InChI is InChI=1S/C16H23NO3/c1-4-12(5-2)10-15(18)17-14-8-6-7-13(9-14)11-16(19)20-3/h6-9,12H,4-5,10-11H2,1-3H3,(H,17,18). The van der Waals surface area contributed by atoms with Crippen LogP contribution in [0.15, 0.2) is 24.3 Å². The molecular formula is C16H23NO3. The Morgan fingerprint density at radius 2 is 1.95 bits per heavy atom. The summed E-state index contributed by atoms with van der Waals surface area (Å²) in [4.78, 5) is 23.2. The first-order valence-electron chi connectivity index (χ1n) is 7.04. The van der Waals surface area contributed by atoms with Crippen molar-refractivity contribution in [2.24, 2.45) is 5.92 Å². The minimum atomic E-state index is -0.287. The highest BCUT2D eigenvalue weighted by atomic mass is 16.5. The predicted octanol–water partition coefficient (Wildman–Crippen LogP) is 3.17. The van der Waals surface area contributed by atoms with Gasteiger partial charge in [-0.2, -0.15) is 0 Å². The maximum absolute atomic E-state index is 11.9. The summed E-state index contributed by atoms with van der Waals surface area (Å²) in [5, 5.41) is 2.88. The van der Waals surface area contributed by atoms with Crippen LogP contribution in [0.1, 0.15) is 38.7 Å². The van der Waals surface area contributed by atoms with E-state index in [0.29, 0.717) is 12.3 Å². The van der Waals surface area contributed by atoms with Crippen LogP contribution in [0.3, 0.4) is 0 Å². The normalized spacial score (nSPS) is 10.4. The summed E-state index contributed by atoms with van der Waals surface area (Å²) < 4.78 is 4.63. The molecule has 0 atom stereocenters. The molecule has 0 aliphatic carbocycles. The maximum Gasteiger partial charge on any atom is 0.309 e. The summed E-state index contributed by atoms with van der Waals surface area (Å²) in [6.45, 7) is 4.19. The van der Waals surface area contributed by atoms with Crippen LogP contribution >= 0.6 is 0 Å². The number of benzene rings is 1. The number of carbonyl (C=O) groups is 2. The molecule has 4 heteroatoms. The second-order valence-electron chi connectivity index (χ2n) is 4.89. The van der Waals surface area contributed by atoms with Crippen molar-refractivity contribution >= 4 is 17.6 Å². The Morgan fingerprint density at radius 3 is 2.55 bits per heavy atom. The van der Waals surface area contributed by atoms with E-state index in [9.17, 15) is 9.59 Å². The van der Waals surface area contributed by atoms with Crippen LogP contribution in [0.5, 0.6) is 0 Å². The fourth-order valence-corrected chi connectivity index (χ4v) is 2.05. The molecule has 0 aliphatic heterocycles. The number of esters is 1. The molecule has 0 unspecified atom stereocenters. The SMILES string of the molecule is CCC(CC)CC(=O)Nc1cccc(CC(=O)OC)c1. The number of nitrogens with one attached hydrogen (secondary N) is 1. The van der Waals surface area contributed by atoms with E-state index in [1.807, 2.05) is 24.3 Å². The van der Waals surface area contributed by atoms with E-state index >= 15 is 0 Å². The molecule has 0 heterocycles. The number of rotatable bonds is 7. The van der Waals surface area contributed by atoms with Crippen molar-refractivity contribution in [2.45, 2.75) is 39.5 Å². The van der Waals surface area contributed by atoms with Crippen LogP contribution < -0.4 is 5.32 Å². The number of hydrogen-bond donors (Lipinski definition) is 1. The second kappa shape index (κ2) is 8.35. The average molecular weight is 277 g/mol. The first-order chi connectivity index (χ1) is 9.58. The number of amides is 1. The molecular weight excluding hydrogens is 254 g/mol. The lowest BCUT2D eigenvalue weighted by Gasteiger charge is -2.12. The zero-order chi connectivity index (χ0) is 15.0. The van der Waals surface area contributed by atoms with Crippen molar-refractivity contribution in [1.29, 1.82) is 0 Å². The molecule has 1 rings (SSSR count). The number of methoxy groups -OCH3 is 1. The summed E-state index contributed by atoms with van der Waals surface area (Å²) in [5.41, 5.74) is 1.56. The zero-order valence-corrected chi connectivity index (χ0v) is 12.4. The molecule has 0 fully saturated rings. The zero-order valence-electron chi connectivity index (χ0n) is 12.4. The van der Waals surface area contributed by atoms with Gasteiger partial charge in [-0.25, -0.2) is 0 Å². The number of anilines is 1. The van der Waals surface area contributed by atoms with E-state index in [1.54, 1.807) is 0 Å². The Hall–Kier alpha value is -1.84. The van der Waals surface area contributed by atoms with E-state index in [4.69, 9.17) is 0 Å². The molecule has 1 aromatic rings. The van der Waals surface area contributed by atoms with E-state index in [1.165, 1.54) is 7.11 Å². The molecule has 0 bridgehead atoms. The number of ether oxygens (including phenoxy) is 1. The van der Waals surface area contributed by atoms with Crippen LogP contribution in [0.4, 0.5) is 5.69 Å². The molecule has 0 aliphatic rings. The largest absolute Gasteiger partial charge is 0.469 e. The van der Waals surface area contributed by atoms with Crippen LogP contribution in [-0.4, -0.2) is 19.0 Å². The minimum Gasteiger partial charge on any atom is -0.469 e. The Bertz CT molecular complexity index is 453. The molecule has 0 aromatic heterocycles.